The van der Waals surface area contributed by atoms with E-state index in [0.29, 0.717) is 0 Å². The molecule has 0 amide bonds. The van der Waals surface area contributed by atoms with Crippen LogP contribution in [0, 0.1) is 23.7 Å². The van der Waals surface area contributed by atoms with Crippen LogP contribution in [0.1, 0.15) is 78.1 Å². The van der Waals surface area contributed by atoms with Crippen LogP contribution in [0.4, 0.5) is 8.78 Å². The smallest absolute Gasteiger partial charge is 0.281 e. The summed E-state index contributed by atoms with van der Waals surface area (Å²) in [4.78, 5) is 0. The lowest BCUT2D eigenvalue weighted by molar-refractivity contribution is -0.116. The van der Waals surface area contributed by atoms with Gasteiger partial charge in [0.15, 0.2) is 6.10 Å². The molecule has 0 heterocycles. The third-order valence-electron chi connectivity index (χ3n) is 6.39. The van der Waals surface area contributed by atoms with Gasteiger partial charge >= 0.3 is 0 Å². The highest BCUT2D eigenvalue weighted by Gasteiger charge is 2.44. The molecule has 0 aromatic carbocycles. The molecular formula is C20H34F2OS2. The molecule has 146 valence electrons. The number of thioether (sulfide) groups is 1. The molecule has 2 aliphatic carbocycles. The van der Waals surface area contributed by atoms with Crippen LogP contribution in [0.25, 0.3) is 0 Å². The second-order valence-electron chi connectivity index (χ2n) is 8.19. The first-order chi connectivity index (χ1) is 11.8. The maximum absolute atomic E-state index is 14.0. The van der Waals surface area contributed by atoms with Gasteiger partial charge in [-0.2, -0.15) is 0 Å². The van der Waals surface area contributed by atoms with Gasteiger partial charge in [-0.15, -0.1) is 0 Å². The second-order valence-corrected chi connectivity index (χ2v) is 9.60. The van der Waals surface area contributed by atoms with E-state index in [9.17, 15) is 8.78 Å². The summed E-state index contributed by atoms with van der Waals surface area (Å²) in [5.74, 6) is -0.421. The first-order valence-corrected chi connectivity index (χ1v) is 11.6. The van der Waals surface area contributed by atoms with E-state index in [-0.39, 0.29) is 10.3 Å². The number of alkyl halides is 2. The van der Waals surface area contributed by atoms with E-state index in [2.05, 4.69) is 6.92 Å². The molecule has 1 nitrogen and oxygen atoms in total. The minimum absolute atomic E-state index is 0.0715. The fourth-order valence-corrected chi connectivity index (χ4v) is 5.34. The van der Waals surface area contributed by atoms with Crippen molar-refractivity contribution in [1.29, 1.82) is 0 Å². The van der Waals surface area contributed by atoms with Crippen LogP contribution >= 0.6 is 24.0 Å². The van der Waals surface area contributed by atoms with Crippen LogP contribution in [-0.4, -0.2) is 22.7 Å². The second kappa shape index (κ2) is 9.87. The molecule has 2 saturated carbocycles. The molecule has 1 unspecified atom stereocenters. The van der Waals surface area contributed by atoms with Crippen molar-refractivity contribution in [3.8, 4) is 0 Å². The van der Waals surface area contributed by atoms with E-state index in [1.165, 1.54) is 50.3 Å². The third-order valence-corrected chi connectivity index (χ3v) is 7.41. The van der Waals surface area contributed by atoms with Crippen LogP contribution in [0.15, 0.2) is 0 Å². The molecule has 0 aromatic heterocycles. The fraction of sp³-hybridized carbons (Fsp3) is 0.950. The summed E-state index contributed by atoms with van der Waals surface area (Å²) in [6.45, 7) is 3.25. The average molecular weight is 393 g/mol. The molecule has 0 aliphatic heterocycles. The number of hydrogen-bond donors (Lipinski definition) is 0. The molecule has 0 aromatic rings. The van der Waals surface area contributed by atoms with Crippen LogP contribution < -0.4 is 0 Å². The fourth-order valence-electron chi connectivity index (χ4n) is 5.04. The van der Waals surface area contributed by atoms with Crippen molar-refractivity contribution in [2.24, 2.45) is 23.7 Å². The van der Waals surface area contributed by atoms with E-state index in [1.807, 2.05) is 0 Å². The third kappa shape index (κ3) is 6.34. The Labute approximate surface area is 162 Å². The highest BCUT2D eigenvalue weighted by molar-refractivity contribution is 8.22. The summed E-state index contributed by atoms with van der Waals surface area (Å²) >= 11 is 6.27. The summed E-state index contributed by atoms with van der Waals surface area (Å²) in [6, 6.07) is 0. The SMILES string of the molecule is CCCC1CCC(C2CCC(C(OC(=S)SC)C(C)(F)F)CC2)CC1. The molecule has 25 heavy (non-hydrogen) atoms. The quantitative estimate of drug-likeness (QED) is 0.447. The summed E-state index contributed by atoms with van der Waals surface area (Å²) < 4.78 is 33.8. The maximum atomic E-state index is 14.0. The average Bonchev–Trinajstić information content (AvgIpc) is 2.59. The molecule has 0 spiro atoms. The van der Waals surface area contributed by atoms with Gasteiger partial charge < -0.3 is 4.74 Å². The lowest BCUT2D eigenvalue weighted by Crippen LogP contribution is -2.42. The molecule has 0 saturated heterocycles. The topological polar surface area (TPSA) is 9.23 Å². The van der Waals surface area contributed by atoms with Gasteiger partial charge in [-0.05, 0) is 74.8 Å². The molecule has 5 heteroatoms. The lowest BCUT2D eigenvalue weighted by atomic mass is 9.68. The van der Waals surface area contributed by atoms with Crippen molar-refractivity contribution in [3.63, 3.8) is 0 Å². The van der Waals surface area contributed by atoms with Gasteiger partial charge in [-0.3, -0.25) is 0 Å². The number of halogens is 2. The minimum atomic E-state index is -2.84. The van der Waals surface area contributed by atoms with Gasteiger partial charge in [0.1, 0.15) is 0 Å². The Balaban J connectivity index is 1.84. The number of hydrogen-bond acceptors (Lipinski definition) is 3. The van der Waals surface area contributed by atoms with Crippen molar-refractivity contribution >= 4 is 28.4 Å². The minimum Gasteiger partial charge on any atom is -0.469 e. The predicted molar refractivity (Wildman–Crippen MR) is 107 cm³/mol. The normalized spacial score (nSPS) is 32.2. The zero-order valence-corrected chi connectivity index (χ0v) is 17.6. The summed E-state index contributed by atoms with van der Waals surface area (Å²) in [5, 5.41) is 0. The van der Waals surface area contributed by atoms with Gasteiger partial charge in [0.25, 0.3) is 5.92 Å². The Morgan fingerprint density at radius 3 is 2.04 bits per heavy atom. The van der Waals surface area contributed by atoms with Gasteiger partial charge in [0, 0.05) is 12.8 Å². The van der Waals surface area contributed by atoms with Crippen molar-refractivity contribution in [3.05, 3.63) is 0 Å². The Bertz CT molecular complexity index is 408. The first kappa shape index (κ1) is 21.4. The van der Waals surface area contributed by atoms with Crippen LogP contribution in [0.5, 0.6) is 0 Å². The Kier molecular flexibility index (Phi) is 8.45. The molecular weight excluding hydrogens is 358 g/mol. The highest BCUT2D eigenvalue weighted by Crippen LogP contribution is 2.44. The van der Waals surface area contributed by atoms with Crippen molar-refractivity contribution in [2.75, 3.05) is 6.26 Å². The molecule has 1 atom stereocenters. The van der Waals surface area contributed by atoms with Crippen LogP contribution in [0.2, 0.25) is 0 Å². The Hall–Kier alpha value is 0.1000. The molecule has 0 bridgehead atoms. The molecule has 2 rings (SSSR count). The summed E-state index contributed by atoms with van der Waals surface area (Å²) in [5.41, 5.74) is 0. The summed E-state index contributed by atoms with van der Waals surface area (Å²) in [6.07, 6.45) is 12.7. The van der Waals surface area contributed by atoms with Gasteiger partial charge in [-0.25, -0.2) is 8.78 Å². The zero-order valence-electron chi connectivity index (χ0n) is 15.9. The monoisotopic (exact) mass is 392 g/mol. The lowest BCUT2D eigenvalue weighted by Gasteiger charge is -2.40. The van der Waals surface area contributed by atoms with Crippen molar-refractivity contribution in [2.45, 2.75) is 90.1 Å². The van der Waals surface area contributed by atoms with Gasteiger partial charge in [0.05, 0.1) is 0 Å². The summed E-state index contributed by atoms with van der Waals surface area (Å²) in [7, 11) is 0. The van der Waals surface area contributed by atoms with Crippen molar-refractivity contribution in [1.82, 2.24) is 0 Å². The molecule has 2 fully saturated rings. The Morgan fingerprint density at radius 1 is 1.08 bits per heavy atom. The van der Waals surface area contributed by atoms with E-state index in [4.69, 9.17) is 17.0 Å². The van der Waals surface area contributed by atoms with E-state index in [0.717, 1.165) is 50.4 Å². The first-order valence-electron chi connectivity index (χ1n) is 9.97. The number of thiocarbonyl (C=S) groups is 1. The largest absolute Gasteiger partial charge is 0.469 e. The number of rotatable bonds is 6. The van der Waals surface area contributed by atoms with Crippen LogP contribution in [0.3, 0.4) is 0 Å². The maximum Gasteiger partial charge on any atom is 0.281 e. The molecule has 2 aliphatic rings. The standard InChI is InChI=1S/C20H34F2OS2/c1-4-5-14-6-8-15(9-7-14)16-10-12-17(13-11-16)18(20(2,21)22)23-19(24)25-3/h14-18H,4-13H2,1-3H3. The van der Waals surface area contributed by atoms with Gasteiger partial charge in [-0.1, -0.05) is 44.4 Å². The number of ether oxygens (including phenoxy) is 1. The molecule has 0 radical (unpaired) electrons. The van der Waals surface area contributed by atoms with Crippen LogP contribution in [-0.2, 0) is 4.74 Å². The predicted octanol–water partition coefficient (Wildman–Crippen LogP) is 7.09. The van der Waals surface area contributed by atoms with Crippen molar-refractivity contribution < 1.29 is 13.5 Å². The van der Waals surface area contributed by atoms with Gasteiger partial charge in [0.2, 0.25) is 4.38 Å². The molecule has 0 N–H and O–H groups in total. The van der Waals surface area contributed by atoms with E-state index < -0.39 is 12.0 Å². The van der Waals surface area contributed by atoms with E-state index >= 15 is 0 Å². The zero-order chi connectivity index (χ0) is 18.4. The Morgan fingerprint density at radius 2 is 1.60 bits per heavy atom. The highest BCUT2D eigenvalue weighted by atomic mass is 32.2. The van der Waals surface area contributed by atoms with E-state index in [1.54, 1.807) is 6.26 Å².